The Morgan fingerprint density at radius 3 is 1.00 bits per heavy atom. The van der Waals surface area contributed by atoms with Crippen LogP contribution in [0.1, 0.15) is 48.5 Å². The zero-order chi connectivity index (χ0) is 23.2. The predicted molar refractivity (Wildman–Crippen MR) is 134 cm³/mol. The second kappa shape index (κ2) is 21.7. The molecule has 0 unspecified atom stereocenters. The molecule has 0 N–H and O–H groups in total. The maximum absolute atomic E-state index is 4.81. The molecule has 0 spiro atoms. The fraction of sp³-hybridized carbons (Fsp3) is 0.308. The topological polar surface area (TPSA) is 25.8 Å². The molecule has 0 saturated heterocycles. The molecule has 0 aromatic carbocycles. The molecule has 2 rings (SSSR count). The zero-order valence-electron chi connectivity index (χ0n) is 18.2. The summed E-state index contributed by atoms with van der Waals surface area (Å²) in [6.45, 7) is 14.8. The van der Waals surface area contributed by atoms with Gasteiger partial charge in [0.25, 0.3) is 0 Å². The minimum atomic E-state index is -0.106. The van der Waals surface area contributed by atoms with E-state index in [2.05, 4.69) is 72.7 Å². The molecule has 31 heavy (non-hydrogen) atoms. The van der Waals surface area contributed by atoms with Gasteiger partial charge in [-0.15, -0.1) is 26.3 Å². The number of aromatic nitrogens is 2. The predicted octanol–water partition coefficient (Wildman–Crippen LogP) is 8.01. The molecule has 0 bridgehead atoms. The van der Waals surface area contributed by atoms with Crippen molar-refractivity contribution in [2.75, 3.05) is 0 Å². The van der Waals surface area contributed by atoms with E-state index in [1.54, 1.807) is 0 Å². The van der Waals surface area contributed by atoms with E-state index >= 15 is 0 Å². The molecular formula is C26H34Cl2N2Pd. The zero-order valence-corrected chi connectivity index (χ0v) is 21.3. The molecule has 0 atom stereocenters. The Bertz CT molecular complexity index is 645. The van der Waals surface area contributed by atoms with E-state index in [0.717, 1.165) is 74.1 Å². The number of aryl methyl sites for hydroxylation is 4. The summed E-state index contributed by atoms with van der Waals surface area (Å²) in [5, 5.41) is 0. The third kappa shape index (κ3) is 16.8. The van der Waals surface area contributed by atoms with Gasteiger partial charge in [-0.2, -0.15) is 0 Å². The standard InChI is InChI=1S/2C13H17N.2ClH.Pd/c2*1-3-5-8-12-10-7-11-13(14-12)9-6-4-2;;;/h2*3-4,7,10-11H,1-2,5-6,8-9H2;2*1H;/q;;;;+2/p-2. The van der Waals surface area contributed by atoms with Gasteiger partial charge in [0.2, 0.25) is 0 Å². The van der Waals surface area contributed by atoms with Crippen molar-refractivity contribution in [2.45, 2.75) is 51.4 Å². The van der Waals surface area contributed by atoms with Crippen LogP contribution in [0.25, 0.3) is 0 Å². The summed E-state index contributed by atoms with van der Waals surface area (Å²) >= 11 is -0.106. The Labute approximate surface area is 205 Å². The average molecular weight is 552 g/mol. The summed E-state index contributed by atoms with van der Waals surface area (Å²) in [7, 11) is 9.63. The number of nitrogens with zero attached hydrogens (tertiary/aromatic N) is 2. The van der Waals surface area contributed by atoms with E-state index in [9.17, 15) is 0 Å². The third-order valence-corrected chi connectivity index (χ3v) is 4.15. The summed E-state index contributed by atoms with van der Waals surface area (Å²) in [5.41, 5.74) is 4.64. The van der Waals surface area contributed by atoms with Crippen molar-refractivity contribution in [1.29, 1.82) is 0 Å². The molecule has 2 aromatic heterocycles. The van der Waals surface area contributed by atoms with Crippen molar-refractivity contribution >= 4 is 19.1 Å². The van der Waals surface area contributed by atoms with Crippen LogP contribution in [0.2, 0.25) is 0 Å². The van der Waals surface area contributed by atoms with Gasteiger partial charge in [-0.1, -0.05) is 36.4 Å². The first kappa shape index (κ1) is 29.5. The first-order valence-corrected chi connectivity index (χ1v) is 14.3. The summed E-state index contributed by atoms with van der Waals surface area (Å²) in [6.07, 6.45) is 15.7. The second-order valence-electron chi connectivity index (χ2n) is 6.60. The van der Waals surface area contributed by atoms with Gasteiger partial charge >= 0.3 is 35.0 Å². The summed E-state index contributed by atoms with van der Waals surface area (Å²) in [5.74, 6) is 0. The summed E-state index contributed by atoms with van der Waals surface area (Å²) in [6, 6.07) is 12.4. The Hall–Kier alpha value is -1.50. The molecule has 172 valence electrons. The van der Waals surface area contributed by atoms with E-state index in [0.29, 0.717) is 0 Å². The van der Waals surface area contributed by atoms with Gasteiger partial charge < -0.3 is 0 Å². The first-order valence-electron chi connectivity index (χ1n) is 10.3. The van der Waals surface area contributed by atoms with Crippen molar-refractivity contribution in [3.05, 3.63) is 110 Å². The van der Waals surface area contributed by atoms with Gasteiger partial charge in [-0.25, -0.2) is 0 Å². The van der Waals surface area contributed by atoms with E-state index in [-0.39, 0.29) is 15.9 Å². The van der Waals surface area contributed by atoms with Crippen LogP contribution in [0.15, 0.2) is 87.0 Å². The third-order valence-electron chi connectivity index (χ3n) is 4.15. The molecule has 0 aliphatic carbocycles. The molecule has 0 amide bonds. The van der Waals surface area contributed by atoms with Crippen LogP contribution < -0.4 is 0 Å². The molecule has 0 aliphatic heterocycles. The van der Waals surface area contributed by atoms with Crippen LogP contribution in [0, 0.1) is 0 Å². The molecular weight excluding hydrogens is 518 g/mol. The number of rotatable bonds is 12. The Balaban J connectivity index is 0.000000516. The van der Waals surface area contributed by atoms with E-state index in [1.165, 1.54) is 0 Å². The molecule has 2 heterocycles. The number of hydrogen-bond acceptors (Lipinski definition) is 2. The van der Waals surface area contributed by atoms with E-state index in [4.69, 9.17) is 19.1 Å². The number of allylic oxidation sites excluding steroid dienone is 4. The normalized spacial score (nSPS) is 9.48. The van der Waals surface area contributed by atoms with Gasteiger partial charge in [0, 0.05) is 22.8 Å². The van der Waals surface area contributed by atoms with Gasteiger partial charge in [-0.05, 0) is 75.6 Å². The fourth-order valence-electron chi connectivity index (χ4n) is 2.62. The molecule has 0 saturated carbocycles. The molecule has 0 fully saturated rings. The van der Waals surface area contributed by atoms with Crippen molar-refractivity contribution < 1.29 is 15.9 Å². The average Bonchev–Trinajstić information content (AvgIpc) is 2.80. The molecule has 2 aromatic rings. The monoisotopic (exact) mass is 550 g/mol. The number of halogens is 2. The summed E-state index contributed by atoms with van der Waals surface area (Å²) in [4.78, 5) is 9.10. The molecule has 2 nitrogen and oxygen atoms in total. The van der Waals surface area contributed by atoms with Crippen LogP contribution in [-0.4, -0.2) is 9.97 Å². The van der Waals surface area contributed by atoms with Gasteiger partial charge in [-0.3, -0.25) is 9.97 Å². The van der Waals surface area contributed by atoms with Crippen LogP contribution in [0.5, 0.6) is 0 Å². The van der Waals surface area contributed by atoms with Gasteiger partial charge in [0.1, 0.15) is 0 Å². The van der Waals surface area contributed by atoms with Crippen molar-refractivity contribution in [3.63, 3.8) is 0 Å². The quantitative estimate of drug-likeness (QED) is 0.197. The Morgan fingerprint density at radius 1 is 0.581 bits per heavy atom. The summed E-state index contributed by atoms with van der Waals surface area (Å²) < 4.78 is 0. The second-order valence-corrected chi connectivity index (χ2v) is 8.96. The Kier molecular flexibility index (Phi) is 20.7. The SMILES string of the molecule is C=CCCc1cccc(CCC=C)n1.C=CCCc1cccc(CCC=C)n1.[Cl][Pd][Cl]. The maximum atomic E-state index is 4.81. The number of hydrogen-bond donors (Lipinski definition) is 0. The van der Waals surface area contributed by atoms with Crippen LogP contribution in [0.4, 0.5) is 0 Å². The van der Waals surface area contributed by atoms with E-state index in [1.807, 2.05) is 24.3 Å². The van der Waals surface area contributed by atoms with Crippen LogP contribution in [-0.2, 0) is 41.6 Å². The van der Waals surface area contributed by atoms with E-state index < -0.39 is 0 Å². The van der Waals surface area contributed by atoms with Gasteiger partial charge in [0.15, 0.2) is 0 Å². The fourth-order valence-corrected chi connectivity index (χ4v) is 2.62. The van der Waals surface area contributed by atoms with Crippen LogP contribution >= 0.6 is 19.1 Å². The molecule has 0 aliphatic rings. The van der Waals surface area contributed by atoms with Gasteiger partial charge in [0.05, 0.1) is 0 Å². The first-order chi connectivity index (χ1) is 15.1. The van der Waals surface area contributed by atoms with Crippen LogP contribution in [0.3, 0.4) is 0 Å². The minimum absolute atomic E-state index is 0.106. The molecule has 0 radical (unpaired) electrons. The van der Waals surface area contributed by atoms with Crippen molar-refractivity contribution in [3.8, 4) is 0 Å². The Morgan fingerprint density at radius 2 is 0.806 bits per heavy atom. The van der Waals surface area contributed by atoms with Crippen molar-refractivity contribution in [2.24, 2.45) is 0 Å². The number of pyridine rings is 2. The molecule has 5 heteroatoms. The van der Waals surface area contributed by atoms with Crippen molar-refractivity contribution in [1.82, 2.24) is 9.97 Å².